The van der Waals surface area contributed by atoms with Gasteiger partial charge in [-0.1, -0.05) is 24.3 Å². The number of amides is 1. The van der Waals surface area contributed by atoms with Crippen molar-refractivity contribution >= 4 is 22.8 Å². The number of nitrogens with one attached hydrogen (secondary N) is 1. The van der Waals surface area contributed by atoms with Crippen molar-refractivity contribution in [2.75, 3.05) is 5.32 Å². The van der Waals surface area contributed by atoms with Crippen LogP contribution in [0.15, 0.2) is 54.9 Å². The molecule has 0 saturated heterocycles. The molecule has 0 fully saturated rings. The lowest BCUT2D eigenvalue weighted by atomic mass is 9.85. The molecule has 6 rings (SSSR count). The first-order valence-corrected chi connectivity index (χ1v) is 12.4. The fourth-order valence-electron chi connectivity index (χ4n) is 4.80. The number of pyridine rings is 1. The number of rotatable bonds is 5. The van der Waals surface area contributed by atoms with Gasteiger partial charge in [-0.3, -0.25) is 9.48 Å². The van der Waals surface area contributed by atoms with Gasteiger partial charge in [-0.15, -0.1) is 0 Å². The fraction of sp³-hybridized carbons (Fsp3) is 0.286. The van der Waals surface area contributed by atoms with Crippen LogP contribution in [0, 0.1) is 6.92 Å². The van der Waals surface area contributed by atoms with Gasteiger partial charge < -0.3 is 5.32 Å². The minimum atomic E-state index is -0.793. The van der Waals surface area contributed by atoms with E-state index in [2.05, 4.69) is 43.2 Å². The number of aryl methyl sites for hydroxylation is 1. The quantitative estimate of drug-likeness (QED) is 0.374. The third-order valence-corrected chi connectivity index (χ3v) is 7.01. The van der Waals surface area contributed by atoms with E-state index in [0.29, 0.717) is 35.3 Å². The first-order chi connectivity index (χ1) is 17.7. The van der Waals surface area contributed by atoms with Gasteiger partial charge in [0.25, 0.3) is 0 Å². The van der Waals surface area contributed by atoms with Crippen LogP contribution in [0.1, 0.15) is 50.4 Å². The van der Waals surface area contributed by atoms with E-state index in [-0.39, 0.29) is 11.9 Å². The molecule has 0 bridgehead atoms. The number of anilines is 1. The SMILES string of the molecule is Cc1ccccc1Cn1nc(-c2nc3c(c(-c4ccn(C(C)C)n4)n2)C(C)(C)C(=O)N3)c2cccnc21. The maximum atomic E-state index is 12.9. The normalized spacial score (nSPS) is 14.4. The molecule has 1 aliphatic rings. The van der Waals surface area contributed by atoms with Gasteiger partial charge in [0.1, 0.15) is 22.9 Å². The number of aromatic nitrogens is 7. The van der Waals surface area contributed by atoms with Gasteiger partial charge >= 0.3 is 0 Å². The first kappa shape index (κ1) is 23.0. The Morgan fingerprint density at radius 2 is 1.81 bits per heavy atom. The summed E-state index contributed by atoms with van der Waals surface area (Å²) in [5.41, 5.74) is 4.99. The maximum absolute atomic E-state index is 12.9. The topological polar surface area (TPSA) is 103 Å². The van der Waals surface area contributed by atoms with Crippen LogP contribution in [-0.2, 0) is 16.8 Å². The highest BCUT2D eigenvalue weighted by atomic mass is 16.2. The van der Waals surface area contributed by atoms with E-state index in [9.17, 15) is 4.79 Å². The van der Waals surface area contributed by atoms with Crippen molar-refractivity contribution in [3.63, 3.8) is 0 Å². The van der Waals surface area contributed by atoms with Gasteiger partial charge in [-0.05, 0) is 63.9 Å². The van der Waals surface area contributed by atoms with Crippen molar-refractivity contribution in [1.82, 2.24) is 34.5 Å². The molecule has 0 atom stereocenters. The highest BCUT2D eigenvalue weighted by molar-refractivity contribution is 6.07. The first-order valence-electron chi connectivity index (χ1n) is 12.4. The molecular weight excluding hydrogens is 464 g/mol. The van der Waals surface area contributed by atoms with E-state index in [0.717, 1.165) is 22.2 Å². The average molecular weight is 493 g/mol. The second-order valence-corrected chi connectivity index (χ2v) is 10.3. The molecule has 9 nitrogen and oxygen atoms in total. The molecule has 1 aromatic carbocycles. The number of benzene rings is 1. The number of hydrogen-bond donors (Lipinski definition) is 1. The van der Waals surface area contributed by atoms with Crippen molar-refractivity contribution in [1.29, 1.82) is 0 Å². The number of carbonyl (C=O) groups is 1. The monoisotopic (exact) mass is 492 g/mol. The van der Waals surface area contributed by atoms with Crippen molar-refractivity contribution in [3.8, 4) is 22.9 Å². The molecule has 4 aromatic heterocycles. The van der Waals surface area contributed by atoms with Crippen molar-refractivity contribution in [2.24, 2.45) is 0 Å². The number of nitrogens with zero attached hydrogens (tertiary/aromatic N) is 7. The largest absolute Gasteiger partial charge is 0.310 e. The van der Waals surface area contributed by atoms with E-state index in [4.69, 9.17) is 20.2 Å². The molecule has 9 heteroatoms. The average Bonchev–Trinajstić information content (AvgIpc) is 3.56. The molecular formula is C28H28N8O. The second-order valence-electron chi connectivity index (χ2n) is 10.3. The van der Waals surface area contributed by atoms with Crippen molar-refractivity contribution < 1.29 is 4.79 Å². The van der Waals surface area contributed by atoms with E-state index in [1.807, 2.05) is 59.7 Å². The Balaban J connectivity index is 1.56. The minimum Gasteiger partial charge on any atom is -0.310 e. The zero-order valence-corrected chi connectivity index (χ0v) is 21.5. The third kappa shape index (κ3) is 3.69. The van der Waals surface area contributed by atoms with Gasteiger partial charge in [0.15, 0.2) is 11.5 Å². The highest BCUT2D eigenvalue weighted by Crippen LogP contribution is 2.43. The van der Waals surface area contributed by atoms with E-state index >= 15 is 0 Å². The van der Waals surface area contributed by atoms with E-state index < -0.39 is 5.41 Å². The van der Waals surface area contributed by atoms with Crippen molar-refractivity contribution in [2.45, 2.75) is 52.6 Å². The number of hydrogen-bond acceptors (Lipinski definition) is 6. The molecule has 0 aliphatic carbocycles. The Bertz CT molecular complexity index is 1680. The molecule has 1 N–H and O–H groups in total. The molecule has 1 amide bonds. The lowest BCUT2D eigenvalue weighted by Gasteiger charge is -2.17. The zero-order chi connectivity index (χ0) is 25.9. The van der Waals surface area contributed by atoms with Crippen LogP contribution < -0.4 is 5.32 Å². The Hall–Kier alpha value is -4.40. The summed E-state index contributed by atoms with van der Waals surface area (Å²) in [4.78, 5) is 27.3. The van der Waals surface area contributed by atoms with Crippen LogP contribution in [-0.4, -0.2) is 40.4 Å². The Morgan fingerprint density at radius 3 is 2.57 bits per heavy atom. The number of carbonyl (C=O) groups excluding carboxylic acids is 1. The Labute approximate surface area is 214 Å². The molecule has 0 spiro atoms. The summed E-state index contributed by atoms with van der Waals surface area (Å²) in [6, 6.07) is 14.2. The van der Waals surface area contributed by atoms with Crippen molar-refractivity contribution in [3.05, 3.63) is 71.5 Å². The highest BCUT2D eigenvalue weighted by Gasteiger charge is 2.43. The van der Waals surface area contributed by atoms with Gasteiger partial charge in [-0.25, -0.2) is 19.6 Å². The molecule has 5 heterocycles. The summed E-state index contributed by atoms with van der Waals surface area (Å²) >= 11 is 0. The predicted octanol–water partition coefficient (Wildman–Crippen LogP) is 4.92. The predicted molar refractivity (Wildman–Crippen MR) is 142 cm³/mol. The fourth-order valence-corrected chi connectivity index (χ4v) is 4.80. The number of fused-ring (bicyclic) bond motifs is 2. The molecule has 5 aromatic rings. The Kier molecular flexibility index (Phi) is 5.18. The van der Waals surface area contributed by atoms with Gasteiger partial charge in [0, 0.05) is 24.0 Å². The van der Waals surface area contributed by atoms with E-state index in [1.54, 1.807) is 6.20 Å². The summed E-state index contributed by atoms with van der Waals surface area (Å²) in [5.74, 6) is 0.807. The lowest BCUT2D eigenvalue weighted by molar-refractivity contribution is -0.119. The molecule has 186 valence electrons. The summed E-state index contributed by atoms with van der Waals surface area (Å²) in [5, 5.41) is 13.5. The van der Waals surface area contributed by atoms with Gasteiger partial charge in [-0.2, -0.15) is 10.2 Å². The summed E-state index contributed by atoms with van der Waals surface area (Å²) in [6.45, 7) is 10.6. The molecule has 1 aliphatic heterocycles. The summed E-state index contributed by atoms with van der Waals surface area (Å²) in [7, 11) is 0. The van der Waals surface area contributed by atoms with Crippen LogP contribution in [0.2, 0.25) is 0 Å². The summed E-state index contributed by atoms with van der Waals surface area (Å²) in [6.07, 6.45) is 3.69. The maximum Gasteiger partial charge on any atom is 0.235 e. The third-order valence-electron chi connectivity index (χ3n) is 7.01. The molecule has 0 unspecified atom stereocenters. The van der Waals surface area contributed by atoms with Crippen LogP contribution in [0.3, 0.4) is 0 Å². The smallest absolute Gasteiger partial charge is 0.235 e. The Morgan fingerprint density at radius 1 is 1.00 bits per heavy atom. The molecule has 0 radical (unpaired) electrons. The van der Waals surface area contributed by atoms with Crippen LogP contribution in [0.5, 0.6) is 0 Å². The van der Waals surface area contributed by atoms with Gasteiger partial charge in [0.2, 0.25) is 5.91 Å². The lowest BCUT2D eigenvalue weighted by Crippen LogP contribution is -2.27. The minimum absolute atomic E-state index is 0.116. The van der Waals surface area contributed by atoms with E-state index in [1.165, 1.54) is 5.56 Å². The van der Waals surface area contributed by atoms with Gasteiger partial charge in [0.05, 0.1) is 17.3 Å². The van der Waals surface area contributed by atoms with Crippen LogP contribution in [0.25, 0.3) is 33.9 Å². The zero-order valence-electron chi connectivity index (χ0n) is 21.5. The second kappa shape index (κ2) is 8.33. The standard InChI is InChI=1S/C28H28N8O/c1-16(2)35-14-12-20(33-35)23-21-24(32-27(37)28(21,4)5)31-25(30-23)22-19-11-8-13-29-26(19)36(34-22)15-18-10-7-6-9-17(18)3/h6-14,16H,15H2,1-5H3,(H,30,31,32,37). The van der Waals surface area contributed by atoms with Crippen LogP contribution >= 0.6 is 0 Å². The molecule has 0 saturated carbocycles. The summed E-state index contributed by atoms with van der Waals surface area (Å²) < 4.78 is 3.77. The molecule has 37 heavy (non-hydrogen) atoms. The van der Waals surface area contributed by atoms with Crippen LogP contribution in [0.4, 0.5) is 5.82 Å².